The molecule has 0 radical (unpaired) electrons. The van der Waals surface area contributed by atoms with Gasteiger partial charge in [-0.15, -0.1) is 0 Å². The van der Waals surface area contributed by atoms with Crippen LogP contribution in [0.2, 0.25) is 36.3 Å². The summed E-state index contributed by atoms with van der Waals surface area (Å²) in [5.74, 6) is 0.609. The summed E-state index contributed by atoms with van der Waals surface area (Å²) < 4.78 is 18.1. The highest BCUT2D eigenvalue weighted by atomic mass is 28.4. The standard InChI is InChI=1S/C23H42O4Si2/c1-12-25-21(24)20(27-29(10,11)23(5,6)7)17-18-13-15-19(16-14-18)26-28(8,9)22(2,3)4/h13-16,20H,12,17H2,1-11H3. The fraction of sp³-hybridized carbons (Fsp3) is 0.696. The molecule has 0 aliphatic carbocycles. The van der Waals surface area contributed by atoms with Crippen LogP contribution in [0.1, 0.15) is 54.0 Å². The second-order valence-corrected chi connectivity index (χ2v) is 20.3. The largest absolute Gasteiger partial charge is 0.544 e. The van der Waals surface area contributed by atoms with Crippen LogP contribution in [-0.2, 0) is 20.4 Å². The van der Waals surface area contributed by atoms with Crippen LogP contribution in [0, 0.1) is 0 Å². The Balaban J connectivity index is 2.99. The number of hydrogen-bond acceptors (Lipinski definition) is 4. The highest BCUT2D eigenvalue weighted by Crippen LogP contribution is 2.39. The van der Waals surface area contributed by atoms with E-state index in [-0.39, 0.29) is 16.0 Å². The molecule has 0 fully saturated rings. The second-order valence-electron chi connectivity index (χ2n) is 10.8. The van der Waals surface area contributed by atoms with Gasteiger partial charge in [0.25, 0.3) is 0 Å². The molecular weight excluding hydrogens is 396 g/mol. The molecule has 0 bridgehead atoms. The van der Waals surface area contributed by atoms with E-state index in [1.54, 1.807) is 0 Å². The van der Waals surface area contributed by atoms with Crippen LogP contribution in [0.5, 0.6) is 5.75 Å². The lowest BCUT2D eigenvalue weighted by molar-refractivity contribution is -0.152. The van der Waals surface area contributed by atoms with E-state index in [9.17, 15) is 4.79 Å². The monoisotopic (exact) mass is 438 g/mol. The molecule has 4 nitrogen and oxygen atoms in total. The summed E-state index contributed by atoms with van der Waals surface area (Å²) in [6.07, 6.45) is -0.0749. The molecule has 0 aromatic heterocycles. The van der Waals surface area contributed by atoms with E-state index in [4.69, 9.17) is 13.6 Å². The molecule has 0 saturated carbocycles. The first-order valence-corrected chi connectivity index (χ1v) is 16.4. The third kappa shape index (κ3) is 7.26. The molecule has 0 N–H and O–H groups in total. The number of carbonyl (C=O) groups excluding carboxylic acids is 1. The van der Waals surface area contributed by atoms with Gasteiger partial charge in [-0.1, -0.05) is 53.7 Å². The predicted octanol–water partition coefficient (Wildman–Crippen LogP) is 6.57. The zero-order valence-corrected chi connectivity index (χ0v) is 22.4. The molecular formula is C23H42O4Si2. The minimum absolute atomic E-state index is 0.0264. The molecule has 0 amide bonds. The Labute approximate surface area is 180 Å². The Bertz CT molecular complexity index is 668. The van der Waals surface area contributed by atoms with Gasteiger partial charge in [0.15, 0.2) is 8.32 Å². The maximum absolute atomic E-state index is 12.6. The van der Waals surface area contributed by atoms with Crippen LogP contribution in [-0.4, -0.2) is 35.3 Å². The quantitative estimate of drug-likeness (QED) is 0.340. The Morgan fingerprint density at radius 2 is 1.38 bits per heavy atom. The maximum Gasteiger partial charge on any atom is 0.334 e. The van der Waals surface area contributed by atoms with Crippen molar-refractivity contribution in [2.45, 2.75) is 97.3 Å². The lowest BCUT2D eigenvalue weighted by Gasteiger charge is -2.38. The minimum Gasteiger partial charge on any atom is -0.544 e. The van der Waals surface area contributed by atoms with Crippen LogP contribution in [0.15, 0.2) is 24.3 Å². The zero-order valence-electron chi connectivity index (χ0n) is 20.4. The van der Waals surface area contributed by atoms with E-state index >= 15 is 0 Å². The van der Waals surface area contributed by atoms with Gasteiger partial charge in [0, 0.05) is 6.42 Å². The van der Waals surface area contributed by atoms with Gasteiger partial charge in [-0.25, -0.2) is 4.79 Å². The van der Waals surface area contributed by atoms with Crippen molar-refractivity contribution in [3.8, 4) is 5.75 Å². The molecule has 0 spiro atoms. The van der Waals surface area contributed by atoms with Gasteiger partial charge < -0.3 is 13.6 Å². The summed E-state index contributed by atoms with van der Waals surface area (Å²) in [5.41, 5.74) is 1.05. The summed E-state index contributed by atoms with van der Waals surface area (Å²) in [4.78, 5) is 12.6. The van der Waals surface area contributed by atoms with Crippen LogP contribution >= 0.6 is 0 Å². The highest BCUT2D eigenvalue weighted by molar-refractivity contribution is 6.75. The van der Waals surface area contributed by atoms with Crippen molar-refractivity contribution in [2.75, 3.05) is 6.61 Å². The van der Waals surface area contributed by atoms with Crippen molar-refractivity contribution in [1.29, 1.82) is 0 Å². The van der Waals surface area contributed by atoms with Gasteiger partial charge in [-0.3, -0.25) is 0 Å². The third-order valence-corrected chi connectivity index (χ3v) is 15.2. The van der Waals surface area contributed by atoms with E-state index in [2.05, 4.69) is 67.7 Å². The minimum atomic E-state index is -2.10. The fourth-order valence-corrected chi connectivity index (χ4v) is 4.57. The summed E-state index contributed by atoms with van der Waals surface area (Å²) in [7, 11) is -3.97. The first kappa shape index (κ1) is 25.9. The summed E-state index contributed by atoms with van der Waals surface area (Å²) in [5, 5.41) is 0.177. The van der Waals surface area contributed by atoms with Gasteiger partial charge in [0.1, 0.15) is 11.9 Å². The van der Waals surface area contributed by atoms with E-state index < -0.39 is 22.7 Å². The second kappa shape index (κ2) is 9.35. The van der Waals surface area contributed by atoms with Crippen LogP contribution < -0.4 is 4.43 Å². The Hall–Kier alpha value is -1.12. The number of carbonyl (C=O) groups is 1. The molecule has 1 aromatic carbocycles. The van der Waals surface area contributed by atoms with Gasteiger partial charge in [0.2, 0.25) is 8.32 Å². The van der Waals surface area contributed by atoms with Crippen molar-refractivity contribution in [3.05, 3.63) is 29.8 Å². The van der Waals surface area contributed by atoms with Crippen molar-refractivity contribution in [2.24, 2.45) is 0 Å². The summed E-state index contributed by atoms with van der Waals surface area (Å²) in [6.45, 7) is 24.2. The average Bonchev–Trinajstić information content (AvgIpc) is 2.53. The summed E-state index contributed by atoms with van der Waals surface area (Å²) >= 11 is 0. The van der Waals surface area contributed by atoms with Crippen molar-refractivity contribution >= 4 is 22.6 Å². The van der Waals surface area contributed by atoms with E-state index in [0.29, 0.717) is 13.0 Å². The van der Waals surface area contributed by atoms with Crippen LogP contribution in [0.25, 0.3) is 0 Å². The number of benzene rings is 1. The summed E-state index contributed by atoms with van der Waals surface area (Å²) in [6, 6.07) is 8.07. The molecule has 1 rings (SSSR count). The van der Waals surface area contributed by atoms with E-state index in [1.165, 1.54) is 0 Å². The van der Waals surface area contributed by atoms with Crippen LogP contribution in [0.4, 0.5) is 0 Å². The SMILES string of the molecule is CCOC(=O)C(Cc1ccc(O[Si](C)(C)C(C)(C)C)cc1)O[Si](C)(C)C(C)(C)C. The molecule has 1 atom stereocenters. The smallest absolute Gasteiger partial charge is 0.334 e. The lowest BCUT2D eigenvalue weighted by atomic mass is 10.1. The molecule has 29 heavy (non-hydrogen) atoms. The predicted molar refractivity (Wildman–Crippen MR) is 127 cm³/mol. The number of esters is 1. The van der Waals surface area contributed by atoms with Gasteiger partial charge >= 0.3 is 5.97 Å². The Kier molecular flexibility index (Phi) is 8.36. The topological polar surface area (TPSA) is 44.8 Å². The van der Waals surface area contributed by atoms with Crippen molar-refractivity contribution in [1.82, 2.24) is 0 Å². The molecule has 0 aliphatic heterocycles. The maximum atomic E-state index is 12.6. The molecule has 0 aliphatic rings. The van der Waals surface area contributed by atoms with E-state index in [1.807, 2.05) is 31.2 Å². The molecule has 1 aromatic rings. The normalized spacial score (nSPS) is 14.4. The first-order chi connectivity index (χ1) is 13.0. The van der Waals surface area contributed by atoms with Gasteiger partial charge in [-0.05, 0) is 60.9 Å². The van der Waals surface area contributed by atoms with Crippen molar-refractivity contribution in [3.63, 3.8) is 0 Å². The Morgan fingerprint density at radius 3 is 1.79 bits per heavy atom. The highest BCUT2D eigenvalue weighted by Gasteiger charge is 2.41. The molecule has 0 heterocycles. The van der Waals surface area contributed by atoms with Crippen LogP contribution in [0.3, 0.4) is 0 Å². The molecule has 0 saturated heterocycles. The lowest BCUT2D eigenvalue weighted by Crippen LogP contribution is -2.47. The van der Waals surface area contributed by atoms with E-state index in [0.717, 1.165) is 11.3 Å². The first-order valence-electron chi connectivity index (χ1n) is 10.6. The third-order valence-electron chi connectivity index (χ3n) is 6.32. The molecule has 1 unspecified atom stereocenters. The zero-order chi connectivity index (χ0) is 22.7. The fourth-order valence-electron chi connectivity index (χ4n) is 2.30. The van der Waals surface area contributed by atoms with Crippen molar-refractivity contribution < 1.29 is 18.4 Å². The number of ether oxygens (including phenoxy) is 1. The molecule has 166 valence electrons. The Morgan fingerprint density at radius 1 is 0.897 bits per heavy atom. The number of hydrogen-bond donors (Lipinski definition) is 0. The molecule has 6 heteroatoms. The van der Waals surface area contributed by atoms with Gasteiger partial charge in [-0.2, -0.15) is 0 Å². The average molecular weight is 439 g/mol. The number of rotatable bonds is 8. The van der Waals surface area contributed by atoms with Gasteiger partial charge in [0.05, 0.1) is 6.61 Å².